The molecule has 128 valence electrons. The van der Waals surface area contributed by atoms with Crippen LogP contribution in [0.1, 0.15) is 24.6 Å². The van der Waals surface area contributed by atoms with Crippen LogP contribution in [0.3, 0.4) is 0 Å². The molecule has 4 rings (SSSR count). The maximum Gasteiger partial charge on any atom is 0.243 e. The molecule has 7 nitrogen and oxygen atoms in total. The Kier molecular flexibility index (Phi) is 3.70. The van der Waals surface area contributed by atoms with Crippen molar-refractivity contribution in [1.82, 2.24) is 14.5 Å². The molecular formula is C16H19N3O4S. The van der Waals surface area contributed by atoms with E-state index >= 15 is 0 Å². The monoisotopic (exact) mass is 349 g/mol. The summed E-state index contributed by atoms with van der Waals surface area (Å²) in [5, 5.41) is 8.10. The molecule has 8 heteroatoms. The van der Waals surface area contributed by atoms with Crippen molar-refractivity contribution in [3.8, 4) is 0 Å². The average molecular weight is 349 g/mol. The molecule has 1 aromatic heterocycles. The van der Waals surface area contributed by atoms with Gasteiger partial charge in [-0.25, -0.2) is 8.42 Å². The average Bonchev–Trinajstić information content (AvgIpc) is 3.21. The van der Waals surface area contributed by atoms with Gasteiger partial charge < -0.3 is 9.15 Å². The molecule has 2 aromatic rings. The topological polar surface area (TPSA) is 85.5 Å². The molecule has 0 aliphatic carbocycles. The number of nitrogens with zero attached hydrogens (tertiary/aromatic N) is 3. The zero-order valence-corrected chi connectivity index (χ0v) is 14.2. The third-order valence-corrected chi connectivity index (χ3v) is 6.78. The van der Waals surface area contributed by atoms with Gasteiger partial charge in [0.2, 0.25) is 21.8 Å². The van der Waals surface area contributed by atoms with Gasteiger partial charge >= 0.3 is 0 Å². The first-order chi connectivity index (χ1) is 11.5. The highest BCUT2D eigenvalue weighted by molar-refractivity contribution is 7.89. The van der Waals surface area contributed by atoms with Gasteiger partial charge in [0.25, 0.3) is 0 Å². The SMILES string of the molecule is Cc1nnc([C@@]23CCO[C@@H]2CCN(S(=O)(=O)c2ccccc2)C3)o1. The minimum Gasteiger partial charge on any atom is -0.425 e. The van der Waals surface area contributed by atoms with E-state index in [1.807, 2.05) is 0 Å². The van der Waals surface area contributed by atoms with E-state index in [1.54, 1.807) is 37.3 Å². The Morgan fingerprint density at radius 1 is 1.25 bits per heavy atom. The number of fused-ring (bicyclic) bond motifs is 1. The van der Waals surface area contributed by atoms with Crippen LogP contribution in [0.5, 0.6) is 0 Å². The van der Waals surface area contributed by atoms with E-state index in [0.717, 1.165) is 0 Å². The Morgan fingerprint density at radius 3 is 2.75 bits per heavy atom. The van der Waals surface area contributed by atoms with E-state index in [0.29, 0.717) is 49.2 Å². The van der Waals surface area contributed by atoms with Gasteiger partial charge in [-0.3, -0.25) is 0 Å². The van der Waals surface area contributed by atoms with Gasteiger partial charge in [-0.1, -0.05) is 18.2 Å². The molecule has 2 fully saturated rings. The Morgan fingerprint density at radius 2 is 2.04 bits per heavy atom. The van der Waals surface area contributed by atoms with Gasteiger partial charge in [-0.15, -0.1) is 10.2 Å². The van der Waals surface area contributed by atoms with E-state index in [4.69, 9.17) is 9.15 Å². The molecule has 0 spiro atoms. The molecule has 0 bridgehead atoms. The fourth-order valence-corrected chi connectivity index (χ4v) is 5.20. The summed E-state index contributed by atoms with van der Waals surface area (Å²) in [6.07, 6.45) is 1.22. The molecule has 0 N–H and O–H groups in total. The van der Waals surface area contributed by atoms with Crippen LogP contribution in [-0.2, 0) is 20.2 Å². The van der Waals surface area contributed by atoms with E-state index < -0.39 is 15.4 Å². The molecule has 24 heavy (non-hydrogen) atoms. The van der Waals surface area contributed by atoms with E-state index in [9.17, 15) is 8.42 Å². The van der Waals surface area contributed by atoms with Crippen LogP contribution in [0.25, 0.3) is 0 Å². The summed E-state index contributed by atoms with van der Waals surface area (Å²) in [5.41, 5.74) is -0.554. The standard InChI is InChI=1S/C16H19N3O4S/c1-12-17-18-15(23-12)16-8-10-22-14(16)7-9-19(11-16)24(20,21)13-5-3-2-4-6-13/h2-6,14H,7-11H2,1H3/t14-,16-/m1/s1. The van der Waals surface area contributed by atoms with Crippen molar-refractivity contribution in [2.75, 3.05) is 19.7 Å². The third-order valence-electron chi connectivity index (χ3n) is 4.92. The van der Waals surface area contributed by atoms with Crippen LogP contribution >= 0.6 is 0 Å². The van der Waals surface area contributed by atoms with Gasteiger partial charge in [-0.05, 0) is 25.0 Å². The normalized spacial score (nSPS) is 28.0. The maximum atomic E-state index is 13.0. The van der Waals surface area contributed by atoms with Crippen LogP contribution in [-0.4, -0.2) is 48.7 Å². The summed E-state index contributed by atoms with van der Waals surface area (Å²) in [6, 6.07) is 8.51. The van der Waals surface area contributed by atoms with E-state index in [1.165, 1.54) is 4.31 Å². The number of ether oxygens (including phenoxy) is 1. The van der Waals surface area contributed by atoms with E-state index in [-0.39, 0.29) is 6.10 Å². The van der Waals surface area contributed by atoms with Gasteiger partial charge in [0.15, 0.2) is 0 Å². The van der Waals surface area contributed by atoms with Crippen LogP contribution in [0.2, 0.25) is 0 Å². The smallest absolute Gasteiger partial charge is 0.243 e. The van der Waals surface area contributed by atoms with Gasteiger partial charge in [-0.2, -0.15) is 4.31 Å². The first-order valence-corrected chi connectivity index (χ1v) is 9.44. The summed E-state index contributed by atoms with van der Waals surface area (Å²) in [4.78, 5) is 0.305. The minimum absolute atomic E-state index is 0.0837. The number of aromatic nitrogens is 2. The summed E-state index contributed by atoms with van der Waals surface area (Å²) in [5.74, 6) is 0.962. The van der Waals surface area contributed by atoms with Gasteiger partial charge in [0.1, 0.15) is 0 Å². The number of rotatable bonds is 3. The number of benzene rings is 1. The lowest BCUT2D eigenvalue weighted by Gasteiger charge is -2.40. The van der Waals surface area contributed by atoms with Crippen LogP contribution in [0.4, 0.5) is 0 Å². The summed E-state index contributed by atoms with van der Waals surface area (Å²) in [6.45, 7) is 3.04. The van der Waals surface area contributed by atoms with E-state index in [2.05, 4.69) is 10.2 Å². The number of hydrogen-bond donors (Lipinski definition) is 0. The maximum absolute atomic E-state index is 13.0. The van der Waals surface area contributed by atoms with Crippen molar-refractivity contribution < 1.29 is 17.6 Å². The predicted molar refractivity (Wildman–Crippen MR) is 84.9 cm³/mol. The van der Waals surface area contributed by atoms with Crippen molar-refractivity contribution in [1.29, 1.82) is 0 Å². The fraction of sp³-hybridized carbons (Fsp3) is 0.500. The Hall–Kier alpha value is -1.77. The number of piperidine rings is 1. The second-order valence-electron chi connectivity index (χ2n) is 6.33. The second kappa shape index (κ2) is 5.65. The molecule has 2 aliphatic heterocycles. The van der Waals surface area contributed by atoms with Crippen molar-refractivity contribution in [3.63, 3.8) is 0 Å². The zero-order chi connectivity index (χ0) is 16.8. The molecule has 2 aliphatic rings. The number of aryl methyl sites for hydroxylation is 1. The fourth-order valence-electron chi connectivity index (χ4n) is 3.66. The quantitative estimate of drug-likeness (QED) is 0.835. The molecule has 0 amide bonds. The van der Waals surface area contributed by atoms with Crippen LogP contribution < -0.4 is 0 Å². The zero-order valence-electron chi connectivity index (χ0n) is 13.4. The minimum atomic E-state index is -3.55. The van der Waals surface area contributed by atoms with Crippen molar-refractivity contribution >= 4 is 10.0 Å². The van der Waals surface area contributed by atoms with Crippen molar-refractivity contribution in [2.45, 2.75) is 36.2 Å². The predicted octanol–water partition coefficient (Wildman–Crippen LogP) is 1.50. The van der Waals surface area contributed by atoms with Crippen LogP contribution in [0.15, 0.2) is 39.6 Å². The molecule has 2 saturated heterocycles. The molecule has 1 aromatic carbocycles. The first kappa shape index (κ1) is 15.7. The highest BCUT2D eigenvalue weighted by Crippen LogP contribution is 2.44. The Labute approximate surface area is 140 Å². The first-order valence-electron chi connectivity index (χ1n) is 8.00. The lowest BCUT2D eigenvalue weighted by molar-refractivity contribution is 0.0295. The summed E-state index contributed by atoms with van der Waals surface area (Å²) < 4.78 is 39.0. The summed E-state index contributed by atoms with van der Waals surface area (Å²) >= 11 is 0. The summed E-state index contributed by atoms with van der Waals surface area (Å²) in [7, 11) is -3.55. The van der Waals surface area contributed by atoms with Crippen molar-refractivity contribution in [2.24, 2.45) is 0 Å². The number of hydrogen-bond acceptors (Lipinski definition) is 6. The Balaban J connectivity index is 1.71. The lowest BCUT2D eigenvalue weighted by Crippen LogP contribution is -2.54. The highest BCUT2D eigenvalue weighted by Gasteiger charge is 2.54. The molecule has 2 atom stereocenters. The largest absolute Gasteiger partial charge is 0.425 e. The van der Waals surface area contributed by atoms with Gasteiger partial charge in [0, 0.05) is 26.6 Å². The third kappa shape index (κ3) is 2.37. The second-order valence-corrected chi connectivity index (χ2v) is 8.27. The molecule has 3 heterocycles. The van der Waals surface area contributed by atoms with Crippen molar-refractivity contribution in [3.05, 3.63) is 42.1 Å². The molecular weight excluding hydrogens is 330 g/mol. The lowest BCUT2D eigenvalue weighted by atomic mass is 9.77. The van der Waals surface area contributed by atoms with Gasteiger partial charge in [0.05, 0.1) is 16.4 Å². The Bertz CT molecular complexity index is 836. The molecule has 0 saturated carbocycles. The van der Waals surface area contributed by atoms with Crippen LogP contribution in [0, 0.1) is 6.92 Å². The number of sulfonamides is 1. The highest BCUT2D eigenvalue weighted by atomic mass is 32.2. The molecule has 0 unspecified atom stereocenters. The molecule has 0 radical (unpaired) electrons.